The standard InChI is InChI=1S/C18H25ClN4O2.HI/c1-4-16-15(17(5-2)25-23-16)12-22-18(20-3)21-10-11-24-14-8-6-13(19)7-9-14;/h6-9H,4-5,10-12H2,1-3H3,(H2,20,21,22);1H. The van der Waals surface area contributed by atoms with Gasteiger partial charge in [-0.2, -0.15) is 0 Å². The maximum atomic E-state index is 5.85. The molecule has 0 bridgehead atoms. The Hall–Kier alpha value is -1.48. The zero-order valence-electron chi connectivity index (χ0n) is 15.3. The summed E-state index contributed by atoms with van der Waals surface area (Å²) < 4.78 is 11.0. The van der Waals surface area contributed by atoms with Crippen LogP contribution in [0.5, 0.6) is 5.75 Å². The van der Waals surface area contributed by atoms with E-state index in [9.17, 15) is 0 Å². The van der Waals surface area contributed by atoms with E-state index >= 15 is 0 Å². The van der Waals surface area contributed by atoms with Gasteiger partial charge in [-0.15, -0.1) is 24.0 Å². The summed E-state index contributed by atoms with van der Waals surface area (Å²) in [5.41, 5.74) is 2.11. The van der Waals surface area contributed by atoms with E-state index in [1.54, 1.807) is 19.2 Å². The Bertz CT molecular complexity index is 667. The lowest BCUT2D eigenvalue weighted by molar-refractivity contribution is 0.322. The zero-order chi connectivity index (χ0) is 18.1. The Morgan fingerprint density at radius 2 is 1.92 bits per heavy atom. The predicted octanol–water partition coefficient (Wildman–Crippen LogP) is 3.81. The first-order valence-electron chi connectivity index (χ1n) is 8.47. The van der Waals surface area contributed by atoms with E-state index in [0.717, 1.165) is 35.6 Å². The molecular formula is C18H26ClIN4O2. The lowest BCUT2D eigenvalue weighted by Crippen LogP contribution is -2.39. The van der Waals surface area contributed by atoms with Gasteiger partial charge in [0.05, 0.1) is 12.2 Å². The van der Waals surface area contributed by atoms with Gasteiger partial charge in [0.2, 0.25) is 0 Å². The minimum absolute atomic E-state index is 0. The fourth-order valence-corrected chi connectivity index (χ4v) is 2.53. The summed E-state index contributed by atoms with van der Waals surface area (Å²) in [5, 5.41) is 11.3. The van der Waals surface area contributed by atoms with Gasteiger partial charge < -0.3 is 19.9 Å². The van der Waals surface area contributed by atoms with Crippen LogP contribution < -0.4 is 15.4 Å². The number of ether oxygens (including phenoxy) is 1. The summed E-state index contributed by atoms with van der Waals surface area (Å²) in [6.07, 6.45) is 1.67. The van der Waals surface area contributed by atoms with E-state index in [0.29, 0.717) is 30.7 Å². The Kier molecular flexibility index (Phi) is 10.4. The lowest BCUT2D eigenvalue weighted by Gasteiger charge is -2.13. The molecule has 2 N–H and O–H groups in total. The molecule has 8 heteroatoms. The van der Waals surface area contributed by atoms with Crippen LogP contribution in [0.3, 0.4) is 0 Å². The SMILES string of the molecule is CCc1noc(CC)c1CNC(=NC)NCCOc1ccc(Cl)cc1.I. The molecule has 26 heavy (non-hydrogen) atoms. The molecular weight excluding hydrogens is 467 g/mol. The normalized spacial score (nSPS) is 11.0. The van der Waals surface area contributed by atoms with Crippen LogP contribution in [-0.4, -0.2) is 31.3 Å². The highest BCUT2D eigenvalue weighted by atomic mass is 127. The minimum atomic E-state index is 0. The first-order valence-corrected chi connectivity index (χ1v) is 8.84. The van der Waals surface area contributed by atoms with Crippen LogP contribution in [0.25, 0.3) is 0 Å². The van der Waals surface area contributed by atoms with E-state index in [-0.39, 0.29) is 24.0 Å². The van der Waals surface area contributed by atoms with Crippen molar-refractivity contribution in [1.29, 1.82) is 0 Å². The number of nitrogens with one attached hydrogen (secondary N) is 2. The fraction of sp³-hybridized carbons (Fsp3) is 0.444. The van der Waals surface area contributed by atoms with Crippen LogP contribution in [0.1, 0.15) is 30.9 Å². The first kappa shape index (κ1) is 22.6. The van der Waals surface area contributed by atoms with Crippen LogP contribution in [0.4, 0.5) is 0 Å². The number of halogens is 2. The molecule has 2 aromatic rings. The molecule has 0 amide bonds. The molecule has 0 fully saturated rings. The maximum absolute atomic E-state index is 5.85. The topological polar surface area (TPSA) is 71.7 Å². The Balaban J connectivity index is 0.00000338. The van der Waals surface area contributed by atoms with Gasteiger partial charge in [-0.3, -0.25) is 4.99 Å². The number of hydrogen-bond donors (Lipinski definition) is 2. The Labute approximate surface area is 176 Å². The second-order valence-electron chi connectivity index (χ2n) is 5.39. The number of guanidine groups is 1. The average molecular weight is 493 g/mol. The van der Waals surface area contributed by atoms with Gasteiger partial charge in [-0.05, 0) is 30.7 Å². The molecule has 144 valence electrons. The van der Waals surface area contributed by atoms with Crippen molar-refractivity contribution in [2.45, 2.75) is 33.2 Å². The highest BCUT2D eigenvalue weighted by Crippen LogP contribution is 2.16. The Morgan fingerprint density at radius 3 is 2.54 bits per heavy atom. The van der Waals surface area contributed by atoms with Crippen molar-refractivity contribution in [2.24, 2.45) is 4.99 Å². The monoisotopic (exact) mass is 492 g/mol. The van der Waals surface area contributed by atoms with Crippen LogP contribution in [0.15, 0.2) is 33.8 Å². The molecule has 0 unspecified atom stereocenters. The van der Waals surface area contributed by atoms with Crippen LogP contribution in [0.2, 0.25) is 5.02 Å². The number of nitrogens with zero attached hydrogens (tertiary/aromatic N) is 2. The van der Waals surface area contributed by atoms with Gasteiger partial charge in [-0.1, -0.05) is 30.6 Å². The van der Waals surface area contributed by atoms with Crippen molar-refractivity contribution in [3.63, 3.8) is 0 Å². The molecule has 0 aliphatic rings. The minimum Gasteiger partial charge on any atom is -0.492 e. The van der Waals surface area contributed by atoms with Crippen molar-refractivity contribution < 1.29 is 9.26 Å². The first-order chi connectivity index (χ1) is 12.2. The van der Waals surface area contributed by atoms with Crippen molar-refractivity contribution in [3.8, 4) is 5.75 Å². The van der Waals surface area contributed by atoms with Gasteiger partial charge in [-0.25, -0.2) is 0 Å². The molecule has 0 aliphatic heterocycles. The second kappa shape index (κ2) is 12.0. The molecule has 0 aliphatic carbocycles. The number of aliphatic imine (C=N–C) groups is 1. The van der Waals surface area contributed by atoms with E-state index in [4.69, 9.17) is 20.9 Å². The van der Waals surface area contributed by atoms with Crippen LogP contribution in [0, 0.1) is 0 Å². The number of rotatable bonds is 8. The molecule has 0 radical (unpaired) electrons. The molecule has 2 rings (SSSR count). The van der Waals surface area contributed by atoms with E-state index in [1.807, 2.05) is 12.1 Å². The largest absolute Gasteiger partial charge is 0.492 e. The molecule has 0 saturated heterocycles. The summed E-state index contributed by atoms with van der Waals surface area (Å²) in [5.74, 6) is 2.43. The van der Waals surface area contributed by atoms with E-state index in [2.05, 4.69) is 34.6 Å². The lowest BCUT2D eigenvalue weighted by atomic mass is 10.1. The smallest absolute Gasteiger partial charge is 0.191 e. The van der Waals surface area contributed by atoms with Crippen molar-refractivity contribution in [1.82, 2.24) is 15.8 Å². The molecule has 6 nitrogen and oxygen atoms in total. The number of hydrogen-bond acceptors (Lipinski definition) is 4. The molecule has 0 spiro atoms. The third-order valence-electron chi connectivity index (χ3n) is 3.74. The second-order valence-corrected chi connectivity index (χ2v) is 5.83. The molecule has 0 saturated carbocycles. The number of aromatic nitrogens is 1. The van der Waals surface area contributed by atoms with Gasteiger partial charge in [0.25, 0.3) is 0 Å². The van der Waals surface area contributed by atoms with E-state index in [1.165, 1.54) is 0 Å². The summed E-state index contributed by atoms with van der Waals surface area (Å²) in [7, 11) is 1.74. The summed E-state index contributed by atoms with van der Waals surface area (Å²) >= 11 is 5.85. The fourth-order valence-electron chi connectivity index (χ4n) is 2.40. The number of aryl methyl sites for hydroxylation is 2. The summed E-state index contributed by atoms with van der Waals surface area (Å²) in [6, 6.07) is 7.31. The highest BCUT2D eigenvalue weighted by Gasteiger charge is 2.13. The van der Waals surface area contributed by atoms with E-state index < -0.39 is 0 Å². The van der Waals surface area contributed by atoms with Crippen molar-refractivity contribution >= 4 is 41.5 Å². The van der Waals surface area contributed by atoms with Gasteiger partial charge in [0, 0.05) is 30.6 Å². The van der Waals surface area contributed by atoms with Gasteiger partial charge >= 0.3 is 0 Å². The molecule has 1 aromatic carbocycles. The van der Waals surface area contributed by atoms with Crippen molar-refractivity contribution in [3.05, 3.63) is 46.3 Å². The van der Waals surface area contributed by atoms with Crippen LogP contribution >= 0.6 is 35.6 Å². The predicted molar refractivity (Wildman–Crippen MR) is 116 cm³/mol. The van der Waals surface area contributed by atoms with Gasteiger partial charge in [0.1, 0.15) is 18.1 Å². The quantitative estimate of drug-likeness (QED) is 0.254. The summed E-state index contributed by atoms with van der Waals surface area (Å²) in [6.45, 7) is 5.92. The van der Waals surface area contributed by atoms with Crippen molar-refractivity contribution in [2.75, 3.05) is 20.2 Å². The molecule has 1 aromatic heterocycles. The number of benzene rings is 1. The summed E-state index contributed by atoms with van der Waals surface area (Å²) in [4.78, 5) is 4.23. The van der Waals surface area contributed by atoms with Crippen LogP contribution in [-0.2, 0) is 19.4 Å². The maximum Gasteiger partial charge on any atom is 0.191 e. The molecule has 1 heterocycles. The van der Waals surface area contributed by atoms with Gasteiger partial charge in [0.15, 0.2) is 5.96 Å². The highest BCUT2D eigenvalue weighted by molar-refractivity contribution is 14.0. The molecule has 0 atom stereocenters. The third kappa shape index (κ3) is 6.68. The Morgan fingerprint density at radius 1 is 1.19 bits per heavy atom. The average Bonchev–Trinajstić information content (AvgIpc) is 3.04. The zero-order valence-corrected chi connectivity index (χ0v) is 18.4. The third-order valence-corrected chi connectivity index (χ3v) is 3.99.